The molecule has 1 saturated heterocycles. The van der Waals surface area contributed by atoms with E-state index in [1.165, 1.54) is 11.6 Å². The molecule has 4 nitrogen and oxygen atoms in total. The van der Waals surface area contributed by atoms with E-state index in [2.05, 4.69) is 27.1 Å². The van der Waals surface area contributed by atoms with Crippen LogP contribution in [0.25, 0.3) is 0 Å². The summed E-state index contributed by atoms with van der Waals surface area (Å²) in [6.07, 6.45) is 2.39. The maximum atomic E-state index is 12.9. The Hall–Kier alpha value is -2.47. The number of ether oxygens (including phenoxy) is 1. The summed E-state index contributed by atoms with van der Waals surface area (Å²) in [4.78, 5) is 15.2. The Labute approximate surface area is 170 Å². The molecule has 0 saturated carbocycles. The van der Waals surface area contributed by atoms with Crippen LogP contribution < -0.4 is 10.1 Å². The van der Waals surface area contributed by atoms with E-state index >= 15 is 0 Å². The van der Waals surface area contributed by atoms with Gasteiger partial charge in [0.25, 0.3) is 0 Å². The number of alkyl halides is 2. The van der Waals surface area contributed by atoms with Crippen LogP contribution >= 0.6 is 0 Å². The van der Waals surface area contributed by atoms with Crippen LogP contribution in [-0.2, 0) is 11.3 Å². The predicted molar refractivity (Wildman–Crippen MR) is 109 cm³/mol. The molecular weight excluding hydrogens is 374 g/mol. The first-order valence-electron chi connectivity index (χ1n) is 10.2. The Bertz CT molecular complexity index is 785. The molecule has 0 radical (unpaired) electrons. The van der Waals surface area contributed by atoms with E-state index in [1.54, 1.807) is 18.2 Å². The number of nitrogens with one attached hydrogen (secondary N) is 1. The van der Waals surface area contributed by atoms with Crippen molar-refractivity contribution in [2.75, 3.05) is 13.1 Å². The zero-order valence-electron chi connectivity index (χ0n) is 16.7. The Kier molecular flexibility index (Phi) is 7.58. The molecule has 0 aromatic heterocycles. The third-order valence-corrected chi connectivity index (χ3v) is 5.36. The molecule has 1 heterocycles. The average Bonchev–Trinajstić information content (AvgIpc) is 2.73. The summed E-state index contributed by atoms with van der Waals surface area (Å²) in [5, 5.41) is 3.06. The van der Waals surface area contributed by atoms with Gasteiger partial charge in [0.05, 0.1) is 12.0 Å². The smallest absolute Gasteiger partial charge is 0.387 e. The molecule has 1 fully saturated rings. The van der Waals surface area contributed by atoms with Gasteiger partial charge in [-0.1, -0.05) is 55.5 Å². The monoisotopic (exact) mass is 402 g/mol. The van der Waals surface area contributed by atoms with E-state index in [-0.39, 0.29) is 23.6 Å². The number of likely N-dealkylation sites (tertiary alicyclic amines) is 1. The zero-order valence-corrected chi connectivity index (χ0v) is 16.7. The molecule has 3 rings (SSSR count). The molecule has 1 amide bonds. The summed E-state index contributed by atoms with van der Waals surface area (Å²) < 4.78 is 30.1. The van der Waals surface area contributed by atoms with E-state index < -0.39 is 6.61 Å². The number of rotatable bonds is 8. The fourth-order valence-electron chi connectivity index (χ4n) is 3.92. The molecule has 0 bridgehead atoms. The molecule has 29 heavy (non-hydrogen) atoms. The number of hydrogen-bond acceptors (Lipinski definition) is 3. The molecule has 2 aromatic rings. The maximum Gasteiger partial charge on any atom is 0.387 e. The maximum absolute atomic E-state index is 12.9. The highest BCUT2D eigenvalue weighted by molar-refractivity contribution is 5.79. The van der Waals surface area contributed by atoms with Crippen molar-refractivity contribution in [2.24, 2.45) is 5.92 Å². The van der Waals surface area contributed by atoms with E-state index in [1.807, 2.05) is 25.1 Å². The number of amides is 1. The van der Waals surface area contributed by atoms with Gasteiger partial charge in [0.1, 0.15) is 5.75 Å². The Morgan fingerprint density at radius 3 is 2.62 bits per heavy atom. The van der Waals surface area contributed by atoms with Crippen molar-refractivity contribution >= 4 is 5.91 Å². The molecule has 0 aliphatic carbocycles. The predicted octanol–water partition coefficient (Wildman–Crippen LogP) is 4.77. The van der Waals surface area contributed by atoms with Gasteiger partial charge < -0.3 is 10.1 Å². The minimum absolute atomic E-state index is 0.0264. The molecule has 2 unspecified atom stereocenters. The topological polar surface area (TPSA) is 41.6 Å². The fraction of sp³-hybridized carbons (Fsp3) is 0.435. The first kappa shape index (κ1) is 21.2. The molecule has 156 valence electrons. The molecule has 0 spiro atoms. The van der Waals surface area contributed by atoms with Gasteiger partial charge in [0, 0.05) is 18.7 Å². The summed E-state index contributed by atoms with van der Waals surface area (Å²) in [6, 6.07) is 16.5. The van der Waals surface area contributed by atoms with Crippen LogP contribution in [0.2, 0.25) is 0 Å². The number of para-hydroxylation sites is 1. The molecule has 6 heteroatoms. The quantitative estimate of drug-likeness (QED) is 0.692. The fourth-order valence-corrected chi connectivity index (χ4v) is 3.92. The standard InChI is InChI=1S/C23H28F2N2O2/c1-2-20(19-12-6-7-13-21(19)29-23(24)25)26-22(28)18-11-8-14-27(16-18)15-17-9-4-3-5-10-17/h3-7,9-10,12-13,18,20,23H,2,8,11,14-16H2,1H3,(H,26,28). The average molecular weight is 402 g/mol. The third kappa shape index (κ3) is 6.00. The number of carbonyl (C=O) groups is 1. The lowest BCUT2D eigenvalue weighted by Gasteiger charge is -2.33. The molecule has 2 aromatic carbocycles. The number of piperidine rings is 1. The lowest BCUT2D eigenvalue weighted by molar-refractivity contribution is -0.127. The van der Waals surface area contributed by atoms with Crippen LogP contribution in [-0.4, -0.2) is 30.5 Å². The SMILES string of the molecule is CCC(NC(=O)C1CCCN(Cc2ccccc2)C1)c1ccccc1OC(F)F. The second kappa shape index (κ2) is 10.3. The normalized spacial score (nSPS) is 18.4. The summed E-state index contributed by atoms with van der Waals surface area (Å²) in [7, 11) is 0. The van der Waals surface area contributed by atoms with Gasteiger partial charge in [0.15, 0.2) is 0 Å². The van der Waals surface area contributed by atoms with Crippen LogP contribution in [0.5, 0.6) is 5.75 Å². The summed E-state index contributed by atoms with van der Waals surface area (Å²) in [6.45, 7) is 1.53. The van der Waals surface area contributed by atoms with Crippen molar-refractivity contribution in [2.45, 2.75) is 45.4 Å². The van der Waals surface area contributed by atoms with Crippen molar-refractivity contribution in [1.82, 2.24) is 10.2 Å². The van der Waals surface area contributed by atoms with Crippen molar-refractivity contribution in [3.8, 4) is 5.75 Å². The zero-order chi connectivity index (χ0) is 20.6. The van der Waals surface area contributed by atoms with Crippen molar-refractivity contribution < 1.29 is 18.3 Å². The van der Waals surface area contributed by atoms with Crippen molar-refractivity contribution in [3.05, 3.63) is 65.7 Å². The minimum Gasteiger partial charge on any atom is -0.434 e. The number of hydrogen-bond donors (Lipinski definition) is 1. The number of carbonyl (C=O) groups excluding carboxylic acids is 1. The van der Waals surface area contributed by atoms with Crippen LogP contribution in [0.1, 0.15) is 43.4 Å². The minimum atomic E-state index is -2.89. The van der Waals surface area contributed by atoms with E-state index in [0.717, 1.165) is 25.9 Å². The first-order chi connectivity index (χ1) is 14.1. The van der Waals surface area contributed by atoms with Crippen molar-refractivity contribution in [3.63, 3.8) is 0 Å². The van der Waals surface area contributed by atoms with Gasteiger partial charge in [-0.2, -0.15) is 8.78 Å². The summed E-state index contributed by atoms with van der Waals surface area (Å²) >= 11 is 0. The van der Waals surface area contributed by atoms with Crippen LogP contribution in [0.4, 0.5) is 8.78 Å². The van der Waals surface area contributed by atoms with Gasteiger partial charge in [0.2, 0.25) is 5.91 Å². The van der Waals surface area contributed by atoms with Gasteiger partial charge in [-0.15, -0.1) is 0 Å². The van der Waals surface area contributed by atoms with Crippen LogP contribution in [0, 0.1) is 5.92 Å². The second-order valence-corrected chi connectivity index (χ2v) is 7.45. The highest BCUT2D eigenvalue weighted by atomic mass is 19.3. The number of halogens is 2. The Balaban J connectivity index is 1.63. The second-order valence-electron chi connectivity index (χ2n) is 7.45. The lowest BCUT2D eigenvalue weighted by Crippen LogP contribution is -2.43. The Morgan fingerprint density at radius 1 is 1.17 bits per heavy atom. The van der Waals surface area contributed by atoms with E-state index in [4.69, 9.17) is 0 Å². The molecule has 1 aliphatic heterocycles. The van der Waals surface area contributed by atoms with Crippen LogP contribution in [0.3, 0.4) is 0 Å². The van der Waals surface area contributed by atoms with Gasteiger partial charge in [-0.25, -0.2) is 0 Å². The molecule has 1 aliphatic rings. The van der Waals surface area contributed by atoms with Gasteiger partial charge in [-0.3, -0.25) is 9.69 Å². The molecule has 1 N–H and O–H groups in total. The van der Waals surface area contributed by atoms with Gasteiger partial charge in [-0.05, 0) is 37.4 Å². The van der Waals surface area contributed by atoms with Crippen LogP contribution in [0.15, 0.2) is 54.6 Å². The van der Waals surface area contributed by atoms with Crippen molar-refractivity contribution in [1.29, 1.82) is 0 Å². The Morgan fingerprint density at radius 2 is 1.90 bits per heavy atom. The van der Waals surface area contributed by atoms with E-state index in [0.29, 0.717) is 18.5 Å². The highest BCUT2D eigenvalue weighted by Crippen LogP contribution is 2.29. The summed E-state index contributed by atoms with van der Waals surface area (Å²) in [5.74, 6) is -0.0184. The molecule has 2 atom stereocenters. The first-order valence-corrected chi connectivity index (χ1v) is 10.2. The van der Waals surface area contributed by atoms with E-state index in [9.17, 15) is 13.6 Å². The third-order valence-electron chi connectivity index (χ3n) is 5.36. The number of benzene rings is 2. The highest BCUT2D eigenvalue weighted by Gasteiger charge is 2.28. The number of nitrogens with zero attached hydrogens (tertiary/aromatic N) is 1. The lowest BCUT2D eigenvalue weighted by atomic mass is 9.95. The summed E-state index contributed by atoms with van der Waals surface area (Å²) in [5.41, 5.74) is 1.82. The largest absolute Gasteiger partial charge is 0.434 e. The van der Waals surface area contributed by atoms with Gasteiger partial charge >= 0.3 is 6.61 Å². The molecular formula is C23H28F2N2O2.